The molecule has 10 nitrogen and oxygen atoms in total. The maximum Gasteiger partial charge on any atom is 0.262 e. The minimum atomic E-state index is -3.79. The summed E-state index contributed by atoms with van der Waals surface area (Å²) in [5.41, 5.74) is 0.888. The van der Waals surface area contributed by atoms with E-state index in [4.69, 9.17) is 4.52 Å². The van der Waals surface area contributed by atoms with Gasteiger partial charge in [0.2, 0.25) is 15.9 Å². The Bertz CT molecular complexity index is 1110. The molecule has 4 rings (SSSR count). The number of carbonyl (C=O) groups excluding carboxylic acids is 3. The normalized spacial score (nSPS) is 17.4. The second-order valence-corrected chi connectivity index (χ2v) is 9.32. The zero-order valence-corrected chi connectivity index (χ0v) is 17.9. The molecule has 1 aromatic carbocycles. The van der Waals surface area contributed by atoms with Crippen molar-refractivity contribution in [3.8, 4) is 0 Å². The number of rotatable bonds is 5. The Kier molecular flexibility index (Phi) is 5.40. The minimum Gasteiger partial charge on any atom is -0.360 e. The van der Waals surface area contributed by atoms with Crippen LogP contribution in [0.5, 0.6) is 0 Å². The molecule has 0 atom stereocenters. The van der Waals surface area contributed by atoms with E-state index in [9.17, 15) is 22.8 Å². The number of fused-ring (bicyclic) bond motifs is 1. The first-order valence-electron chi connectivity index (χ1n) is 9.87. The number of carbonyl (C=O) groups is 3. The lowest BCUT2D eigenvalue weighted by Crippen LogP contribution is -2.49. The lowest BCUT2D eigenvalue weighted by Gasteiger charge is -2.33. The number of hydrogen-bond donors (Lipinski definition) is 1. The summed E-state index contributed by atoms with van der Waals surface area (Å²) in [5.74, 6) is -1.08. The number of sulfonamides is 1. The van der Waals surface area contributed by atoms with E-state index in [1.54, 1.807) is 36.1 Å². The molecule has 3 heterocycles. The number of nitrogens with zero attached hydrogens (tertiary/aromatic N) is 3. The van der Waals surface area contributed by atoms with E-state index in [-0.39, 0.29) is 29.1 Å². The molecule has 11 heteroatoms. The Hall–Kier alpha value is -3.05. The number of hydrogen-bond acceptors (Lipinski definition) is 7. The molecule has 164 valence electrons. The Labute approximate surface area is 179 Å². The van der Waals surface area contributed by atoms with Gasteiger partial charge in [0, 0.05) is 19.1 Å². The number of nitrogens with one attached hydrogen (secondary N) is 1. The third-order valence-corrected chi connectivity index (χ3v) is 7.34. The average Bonchev–Trinajstić information content (AvgIpc) is 3.20. The van der Waals surface area contributed by atoms with Crippen LogP contribution in [-0.4, -0.2) is 66.8 Å². The van der Waals surface area contributed by atoms with Gasteiger partial charge in [-0.2, -0.15) is 0 Å². The molecule has 2 aliphatic rings. The van der Waals surface area contributed by atoms with Gasteiger partial charge in [0.05, 0.1) is 11.1 Å². The Morgan fingerprint density at radius 3 is 2.23 bits per heavy atom. The third kappa shape index (κ3) is 3.86. The molecule has 0 aliphatic carbocycles. The predicted molar refractivity (Wildman–Crippen MR) is 108 cm³/mol. The van der Waals surface area contributed by atoms with Crippen molar-refractivity contribution in [2.45, 2.75) is 37.6 Å². The van der Waals surface area contributed by atoms with Gasteiger partial charge in [-0.3, -0.25) is 19.3 Å². The smallest absolute Gasteiger partial charge is 0.262 e. The highest BCUT2D eigenvalue weighted by Crippen LogP contribution is 2.24. The second kappa shape index (κ2) is 7.89. The standard InChI is InChI=1S/C20H22N4O6S/c1-12-18(13(2)30-21-12)31(28,29)22-14-7-9-23(10-8-14)17(25)11-24-19(26)15-5-3-4-6-16(15)20(24)27/h3-6,14,22H,7-11H2,1-2H3. The van der Waals surface area contributed by atoms with Crippen LogP contribution in [-0.2, 0) is 14.8 Å². The Balaban J connectivity index is 1.35. The van der Waals surface area contributed by atoms with E-state index in [2.05, 4.69) is 9.88 Å². The number of piperidine rings is 1. The number of likely N-dealkylation sites (tertiary alicyclic amines) is 1. The van der Waals surface area contributed by atoms with Gasteiger partial charge in [-0.25, -0.2) is 13.1 Å². The molecule has 0 saturated carbocycles. The minimum absolute atomic E-state index is 0.0385. The van der Waals surface area contributed by atoms with Crippen molar-refractivity contribution in [2.24, 2.45) is 0 Å². The number of benzene rings is 1. The third-order valence-electron chi connectivity index (χ3n) is 5.58. The fraction of sp³-hybridized carbons (Fsp3) is 0.400. The van der Waals surface area contributed by atoms with Crippen LogP contribution >= 0.6 is 0 Å². The van der Waals surface area contributed by atoms with Crippen LogP contribution in [0.25, 0.3) is 0 Å². The van der Waals surface area contributed by atoms with Crippen LogP contribution in [0.15, 0.2) is 33.7 Å². The largest absolute Gasteiger partial charge is 0.360 e. The van der Waals surface area contributed by atoms with Gasteiger partial charge in [-0.15, -0.1) is 0 Å². The summed E-state index contributed by atoms with van der Waals surface area (Å²) < 4.78 is 32.9. The van der Waals surface area contributed by atoms with E-state index < -0.39 is 21.8 Å². The maximum absolute atomic E-state index is 12.7. The summed E-state index contributed by atoms with van der Waals surface area (Å²) in [4.78, 5) is 40.1. The van der Waals surface area contributed by atoms with Crippen LogP contribution < -0.4 is 4.72 Å². The van der Waals surface area contributed by atoms with Crippen molar-refractivity contribution in [1.82, 2.24) is 19.7 Å². The van der Waals surface area contributed by atoms with Gasteiger partial charge in [-0.05, 0) is 38.8 Å². The highest BCUT2D eigenvalue weighted by atomic mass is 32.2. The van der Waals surface area contributed by atoms with Gasteiger partial charge in [-0.1, -0.05) is 17.3 Å². The summed E-state index contributed by atoms with van der Waals surface area (Å²) in [7, 11) is -3.79. The summed E-state index contributed by atoms with van der Waals surface area (Å²) in [6, 6.07) is 6.13. The fourth-order valence-corrected chi connectivity index (χ4v) is 5.64. The lowest BCUT2D eigenvalue weighted by atomic mass is 10.1. The second-order valence-electron chi connectivity index (χ2n) is 7.67. The molecule has 0 unspecified atom stereocenters. The summed E-state index contributed by atoms with van der Waals surface area (Å²) in [5, 5.41) is 3.68. The Morgan fingerprint density at radius 1 is 1.13 bits per heavy atom. The van der Waals surface area contributed by atoms with Crippen LogP contribution in [0.3, 0.4) is 0 Å². The number of imide groups is 1. The van der Waals surface area contributed by atoms with Crippen molar-refractivity contribution in [3.63, 3.8) is 0 Å². The molecule has 2 aliphatic heterocycles. The maximum atomic E-state index is 12.7. The van der Waals surface area contributed by atoms with Gasteiger partial charge in [0.25, 0.3) is 11.8 Å². The quantitative estimate of drug-likeness (QED) is 0.674. The Morgan fingerprint density at radius 2 is 1.71 bits per heavy atom. The molecule has 1 fully saturated rings. The molecule has 0 bridgehead atoms. The van der Waals surface area contributed by atoms with Gasteiger partial charge >= 0.3 is 0 Å². The van der Waals surface area contributed by atoms with Gasteiger partial charge in [0.15, 0.2) is 5.76 Å². The zero-order valence-electron chi connectivity index (χ0n) is 17.1. The fourth-order valence-electron chi connectivity index (χ4n) is 4.00. The summed E-state index contributed by atoms with van der Waals surface area (Å²) in [6.07, 6.45) is 0.826. The molecule has 31 heavy (non-hydrogen) atoms. The SMILES string of the molecule is Cc1noc(C)c1S(=O)(=O)NC1CCN(C(=O)CN2C(=O)c3ccccc3C2=O)CC1. The first kappa shape index (κ1) is 21.2. The topological polar surface area (TPSA) is 130 Å². The number of aryl methyl sites for hydroxylation is 2. The van der Waals surface area contributed by atoms with Crippen molar-refractivity contribution < 1.29 is 27.3 Å². The summed E-state index contributed by atoms with van der Waals surface area (Å²) in [6.45, 7) is 3.40. The van der Waals surface area contributed by atoms with Crippen LogP contribution in [0.2, 0.25) is 0 Å². The average molecular weight is 446 g/mol. The summed E-state index contributed by atoms with van der Waals surface area (Å²) >= 11 is 0. The van der Waals surface area contributed by atoms with Crippen molar-refractivity contribution >= 4 is 27.7 Å². The van der Waals surface area contributed by atoms with E-state index >= 15 is 0 Å². The van der Waals surface area contributed by atoms with Crippen molar-refractivity contribution in [2.75, 3.05) is 19.6 Å². The molecule has 0 radical (unpaired) electrons. The van der Waals surface area contributed by atoms with Crippen LogP contribution in [0.4, 0.5) is 0 Å². The molecule has 3 amide bonds. The van der Waals surface area contributed by atoms with E-state index in [1.807, 2.05) is 0 Å². The lowest BCUT2D eigenvalue weighted by molar-refractivity contribution is -0.132. The predicted octanol–water partition coefficient (Wildman–Crippen LogP) is 0.857. The molecule has 1 N–H and O–H groups in total. The van der Waals surface area contributed by atoms with E-state index in [1.165, 1.54) is 6.92 Å². The van der Waals surface area contributed by atoms with E-state index in [0.717, 1.165) is 4.90 Å². The first-order valence-corrected chi connectivity index (χ1v) is 11.4. The number of aromatic nitrogens is 1. The molecular weight excluding hydrogens is 424 g/mol. The molecule has 1 aromatic heterocycles. The van der Waals surface area contributed by atoms with Crippen LogP contribution in [0.1, 0.15) is 45.0 Å². The highest BCUT2D eigenvalue weighted by molar-refractivity contribution is 7.89. The molecular formula is C20H22N4O6S. The van der Waals surface area contributed by atoms with Gasteiger partial charge < -0.3 is 9.42 Å². The number of amides is 3. The molecule has 0 spiro atoms. The van der Waals surface area contributed by atoms with Crippen LogP contribution in [0, 0.1) is 13.8 Å². The monoisotopic (exact) mass is 446 g/mol. The van der Waals surface area contributed by atoms with Crippen molar-refractivity contribution in [1.29, 1.82) is 0 Å². The van der Waals surface area contributed by atoms with Gasteiger partial charge in [0.1, 0.15) is 17.1 Å². The van der Waals surface area contributed by atoms with E-state index in [0.29, 0.717) is 42.8 Å². The zero-order chi connectivity index (χ0) is 22.3. The molecule has 1 saturated heterocycles. The van der Waals surface area contributed by atoms with Crippen molar-refractivity contribution in [3.05, 3.63) is 46.8 Å². The molecule has 2 aromatic rings. The highest BCUT2D eigenvalue weighted by Gasteiger charge is 2.38. The first-order chi connectivity index (χ1) is 14.7.